The SMILES string of the molecule is CC[C@H]1CCCCN1C(=S)Nc1ccccc1C(C)C. The molecular formula is C17H26N2S. The second-order valence-corrected chi connectivity index (χ2v) is 6.31. The van der Waals surface area contributed by atoms with E-state index in [-0.39, 0.29) is 0 Å². The summed E-state index contributed by atoms with van der Waals surface area (Å²) in [6.07, 6.45) is 5.03. The monoisotopic (exact) mass is 290 g/mol. The lowest BCUT2D eigenvalue weighted by molar-refractivity contribution is 0.239. The molecule has 0 aliphatic carbocycles. The molecule has 1 aromatic rings. The highest BCUT2D eigenvalue weighted by molar-refractivity contribution is 7.80. The standard InChI is InChI=1S/C17H26N2S/c1-4-14-9-7-8-12-19(14)17(20)18-16-11-6-5-10-15(16)13(2)3/h5-6,10-11,13-14H,4,7-9,12H2,1-3H3,(H,18,20)/t14-/m0/s1. The van der Waals surface area contributed by atoms with Gasteiger partial charge in [0.15, 0.2) is 5.11 Å². The van der Waals surface area contributed by atoms with E-state index in [4.69, 9.17) is 12.2 Å². The van der Waals surface area contributed by atoms with Gasteiger partial charge in [-0.15, -0.1) is 0 Å². The van der Waals surface area contributed by atoms with Crippen molar-refractivity contribution in [2.45, 2.75) is 58.4 Å². The number of hydrogen-bond acceptors (Lipinski definition) is 1. The van der Waals surface area contributed by atoms with Crippen LogP contribution in [-0.2, 0) is 0 Å². The number of rotatable bonds is 3. The summed E-state index contributed by atoms with van der Waals surface area (Å²) in [5.74, 6) is 0.504. The smallest absolute Gasteiger partial charge is 0.173 e. The van der Waals surface area contributed by atoms with Crippen LogP contribution in [-0.4, -0.2) is 22.6 Å². The summed E-state index contributed by atoms with van der Waals surface area (Å²) in [6, 6.07) is 9.09. The molecule has 1 fully saturated rings. The number of piperidine rings is 1. The van der Waals surface area contributed by atoms with Crippen molar-refractivity contribution in [2.75, 3.05) is 11.9 Å². The zero-order chi connectivity index (χ0) is 14.5. The third-order valence-corrected chi connectivity index (χ3v) is 4.52. The highest BCUT2D eigenvalue weighted by atomic mass is 32.1. The van der Waals surface area contributed by atoms with Crippen LogP contribution in [0.4, 0.5) is 5.69 Å². The van der Waals surface area contributed by atoms with Gasteiger partial charge in [-0.1, -0.05) is 39.0 Å². The molecule has 1 aliphatic heterocycles. The maximum Gasteiger partial charge on any atom is 0.173 e. The third kappa shape index (κ3) is 3.51. The Morgan fingerprint density at radius 1 is 1.35 bits per heavy atom. The van der Waals surface area contributed by atoms with Crippen molar-refractivity contribution in [3.8, 4) is 0 Å². The van der Waals surface area contributed by atoms with E-state index in [1.54, 1.807) is 0 Å². The molecule has 110 valence electrons. The zero-order valence-corrected chi connectivity index (χ0v) is 13.7. The number of nitrogens with zero attached hydrogens (tertiary/aromatic N) is 1. The van der Waals surface area contributed by atoms with Crippen LogP contribution in [0.15, 0.2) is 24.3 Å². The Hall–Kier alpha value is -1.09. The Balaban J connectivity index is 2.11. The second kappa shape index (κ2) is 7.07. The van der Waals surface area contributed by atoms with Crippen LogP contribution in [0.1, 0.15) is 57.9 Å². The molecule has 3 heteroatoms. The molecule has 1 saturated heterocycles. The van der Waals surface area contributed by atoms with Crippen LogP contribution < -0.4 is 5.32 Å². The van der Waals surface area contributed by atoms with Gasteiger partial charge >= 0.3 is 0 Å². The highest BCUT2D eigenvalue weighted by Crippen LogP contribution is 2.26. The van der Waals surface area contributed by atoms with Crippen molar-refractivity contribution in [3.63, 3.8) is 0 Å². The van der Waals surface area contributed by atoms with Gasteiger partial charge < -0.3 is 10.2 Å². The number of para-hydroxylation sites is 1. The molecule has 0 saturated carbocycles. The first-order valence-corrected chi connectivity index (χ1v) is 8.20. The number of likely N-dealkylation sites (tertiary alicyclic amines) is 1. The van der Waals surface area contributed by atoms with E-state index in [1.807, 2.05) is 0 Å². The fourth-order valence-electron chi connectivity index (χ4n) is 2.99. The van der Waals surface area contributed by atoms with E-state index in [2.05, 4.69) is 55.3 Å². The van der Waals surface area contributed by atoms with Crippen molar-refractivity contribution in [1.29, 1.82) is 0 Å². The summed E-state index contributed by atoms with van der Waals surface area (Å²) in [4.78, 5) is 2.38. The molecular weight excluding hydrogens is 264 g/mol. The van der Waals surface area contributed by atoms with Crippen LogP contribution >= 0.6 is 12.2 Å². The molecule has 1 aromatic carbocycles. The molecule has 1 heterocycles. The first kappa shape index (κ1) is 15.3. The number of benzene rings is 1. The summed E-state index contributed by atoms with van der Waals surface area (Å²) in [6.45, 7) is 7.79. The summed E-state index contributed by atoms with van der Waals surface area (Å²) >= 11 is 5.66. The van der Waals surface area contributed by atoms with Gasteiger partial charge in [-0.05, 0) is 55.4 Å². The summed E-state index contributed by atoms with van der Waals surface area (Å²) in [7, 11) is 0. The predicted octanol–water partition coefficient (Wildman–Crippen LogP) is 4.77. The van der Waals surface area contributed by atoms with Crippen molar-refractivity contribution in [3.05, 3.63) is 29.8 Å². The van der Waals surface area contributed by atoms with Gasteiger partial charge in [0.05, 0.1) is 0 Å². The van der Waals surface area contributed by atoms with E-state index in [0.29, 0.717) is 12.0 Å². The van der Waals surface area contributed by atoms with E-state index < -0.39 is 0 Å². The largest absolute Gasteiger partial charge is 0.346 e. The van der Waals surface area contributed by atoms with Gasteiger partial charge in [0.1, 0.15) is 0 Å². The van der Waals surface area contributed by atoms with Gasteiger partial charge in [-0.3, -0.25) is 0 Å². The molecule has 20 heavy (non-hydrogen) atoms. The molecule has 0 aromatic heterocycles. The van der Waals surface area contributed by atoms with Crippen LogP contribution in [0.3, 0.4) is 0 Å². The molecule has 1 aliphatic rings. The normalized spacial score (nSPS) is 19.2. The van der Waals surface area contributed by atoms with Crippen LogP contribution in [0, 0.1) is 0 Å². The number of anilines is 1. The first-order chi connectivity index (χ1) is 9.63. The molecule has 0 radical (unpaired) electrons. The van der Waals surface area contributed by atoms with Crippen molar-refractivity contribution in [2.24, 2.45) is 0 Å². The van der Waals surface area contributed by atoms with Gasteiger partial charge in [0.2, 0.25) is 0 Å². The molecule has 1 atom stereocenters. The van der Waals surface area contributed by atoms with Crippen molar-refractivity contribution < 1.29 is 0 Å². The van der Waals surface area contributed by atoms with Gasteiger partial charge in [0, 0.05) is 18.3 Å². The Bertz CT molecular complexity index is 456. The average molecular weight is 290 g/mol. The molecule has 2 rings (SSSR count). The molecule has 0 amide bonds. The lowest BCUT2D eigenvalue weighted by atomic mass is 10.00. The molecule has 2 nitrogen and oxygen atoms in total. The van der Waals surface area contributed by atoms with Crippen molar-refractivity contribution in [1.82, 2.24) is 4.90 Å². The van der Waals surface area contributed by atoms with Crippen molar-refractivity contribution >= 4 is 23.0 Å². The van der Waals surface area contributed by atoms with Crippen LogP contribution in [0.25, 0.3) is 0 Å². The maximum absolute atomic E-state index is 5.66. The quantitative estimate of drug-likeness (QED) is 0.807. The summed E-state index contributed by atoms with van der Waals surface area (Å²) < 4.78 is 0. The average Bonchev–Trinajstić information content (AvgIpc) is 2.47. The molecule has 0 spiro atoms. The first-order valence-electron chi connectivity index (χ1n) is 7.80. The summed E-state index contributed by atoms with van der Waals surface area (Å²) in [5, 5.41) is 4.38. The fourth-order valence-corrected chi connectivity index (χ4v) is 3.34. The second-order valence-electron chi connectivity index (χ2n) is 5.92. The Morgan fingerprint density at radius 3 is 2.80 bits per heavy atom. The van der Waals surface area contributed by atoms with Gasteiger partial charge in [-0.2, -0.15) is 0 Å². The molecule has 0 bridgehead atoms. The van der Waals surface area contributed by atoms with Crippen LogP contribution in [0.2, 0.25) is 0 Å². The topological polar surface area (TPSA) is 15.3 Å². The third-order valence-electron chi connectivity index (χ3n) is 4.18. The maximum atomic E-state index is 5.66. The Labute approximate surface area is 128 Å². The van der Waals surface area contributed by atoms with E-state index >= 15 is 0 Å². The predicted molar refractivity (Wildman–Crippen MR) is 91.4 cm³/mol. The Morgan fingerprint density at radius 2 is 2.10 bits per heavy atom. The molecule has 1 N–H and O–H groups in total. The minimum Gasteiger partial charge on any atom is -0.346 e. The van der Waals surface area contributed by atoms with Gasteiger partial charge in [-0.25, -0.2) is 0 Å². The minimum absolute atomic E-state index is 0.504. The lowest BCUT2D eigenvalue weighted by Gasteiger charge is -2.37. The lowest BCUT2D eigenvalue weighted by Crippen LogP contribution is -2.45. The summed E-state index contributed by atoms with van der Waals surface area (Å²) in [5.41, 5.74) is 2.49. The van der Waals surface area contributed by atoms with E-state index in [9.17, 15) is 0 Å². The van der Waals surface area contributed by atoms with E-state index in [1.165, 1.54) is 31.2 Å². The number of hydrogen-bond donors (Lipinski definition) is 1. The number of nitrogens with one attached hydrogen (secondary N) is 1. The minimum atomic E-state index is 0.504. The highest BCUT2D eigenvalue weighted by Gasteiger charge is 2.23. The Kier molecular flexibility index (Phi) is 5.41. The molecule has 0 unspecified atom stereocenters. The zero-order valence-electron chi connectivity index (χ0n) is 12.9. The van der Waals surface area contributed by atoms with Gasteiger partial charge in [0.25, 0.3) is 0 Å². The van der Waals surface area contributed by atoms with Crippen LogP contribution in [0.5, 0.6) is 0 Å². The fraction of sp³-hybridized carbons (Fsp3) is 0.588. The number of thiocarbonyl (C=S) groups is 1. The van der Waals surface area contributed by atoms with E-state index in [0.717, 1.165) is 17.3 Å².